The third kappa shape index (κ3) is 4.25. The first kappa shape index (κ1) is 18.7. The van der Waals surface area contributed by atoms with Crippen LogP contribution in [0.2, 0.25) is 0 Å². The number of halogens is 1. The van der Waals surface area contributed by atoms with Gasteiger partial charge in [-0.1, -0.05) is 12.8 Å². The van der Waals surface area contributed by atoms with Crippen LogP contribution in [0, 0.1) is 0 Å². The molecule has 0 atom stereocenters. The molecular weight excluding hydrogens is 334 g/mol. The number of carbonyl (C=O) groups is 2. The van der Waals surface area contributed by atoms with Crippen LogP contribution >= 0.6 is 12.4 Å². The predicted molar refractivity (Wildman–Crippen MR) is 90.9 cm³/mol. The van der Waals surface area contributed by atoms with E-state index in [1.165, 1.54) is 4.68 Å². The number of nitrogens with two attached hydrogens (primary N) is 1. The molecule has 1 aliphatic heterocycles. The molecule has 0 aromatic carbocycles. The fraction of sp³-hybridized carbons (Fsp3) is 0.667. The van der Waals surface area contributed by atoms with E-state index in [0.29, 0.717) is 44.8 Å². The van der Waals surface area contributed by atoms with Crippen molar-refractivity contribution in [3.8, 4) is 0 Å². The summed E-state index contributed by atoms with van der Waals surface area (Å²) in [6, 6.07) is 0. The summed E-state index contributed by atoms with van der Waals surface area (Å²) in [5.41, 5.74) is 5.92. The van der Waals surface area contributed by atoms with Crippen molar-refractivity contribution in [3.63, 3.8) is 0 Å². The molecule has 0 spiro atoms. The van der Waals surface area contributed by atoms with Crippen molar-refractivity contribution in [2.75, 3.05) is 31.6 Å². The van der Waals surface area contributed by atoms with Gasteiger partial charge in [0.15, 0.2) is 0 Å². The predicted octanol–water partition coefficient (Wildman–Crippen LogP) is 0.374. The van der Waals surface area contributed by atoms with E-state index in [-0.39, 0.29) is 30.8 Å². The van der Waals surface area contributed by atoms with Gasteiger partial charge in [-0.15, -0.1) is 12.4 Å². The molecule has 1 aliphatic carbocycles. The smallest absolute Gasteiger partial charge is 0.244 e. The summed E-state index contributed by atoms with van der Waals surface area (Å²) in [5, 5.41) is 6.94. The van der Waals surface area contributed by atoms with Crippen molar-refractivity contribution in [1.82, 2.24) is 14.7 Å². The van der Waals surface area contributed by atoms with Crippen molar-refractivity contribution < 1.29 is 14.3 Å². The van der Waals surface area contributed by atoms with Crippen LogP contribution < -0.4 is 11.1 Å². The molecule has 2 fully saturated rings. The van der Waals surface area contributed by atoms with E-state index in [4.69, 9.17) is 10.5 Å². The van der Waals surface area contributed by atoms with Crippen LogP contribution in [0.5, 0.6) is 0 Å². The zero-order chi connectivity index (χ0) is 16.3. The summed E-state index contributed by atoms with van der Waals surface area (Å²) in [7, 11) is 0. The van der Waals surface area contributed by atoms with Gasteiger partial charge in [-0.05, 0) is 12.8 Å². The molecule has 134 valence electrons. The lowest BCUT2D eigenvalue weighted by atomic mass is 9.98. The molecule has 0 bridgehead atoms. The second kappa shape index (κ2) is 7.96. The van der Waals surface area contributed by atoms with Gasteiger partial charge in [-0.2, -0.15) is 5.10 Å². The summed E-state index contributed by atoms with van der Waals surface area (Å²) in [5.74, 6) is -0.172. The molecule has 3 rings (SSSR count). The van der Waals surface area contributed by atoms with E-state index >= 15 is 0 Å². The van der Waals surface area contributed by atoms with E-state index < -0.39 is 5.54 Å². The summed E-state index contributed by atoms with van der Waals surface area (Å²) in [6.45, 7) is 2.53. The highest BCUT2D eigenvalue weighted by Crippen LogP contribution is 2.28. The number of ether oxygens (including phenoxy) is 1. The zero-order valence-corrected chi connectivity index (χ0v) is 14.4. The van der Waals surface area contributed by atoms with Crippen LogP contribution in [-0.4, -0.2) is 58.3 Å². The Morgan fingerprint density at radius 2 is 1.96 bits per heavy atom. The molecule has 2 amide bonds. The largest absolute Gasteiger partial charge is 0.378 e. The third-order valence-corrected chi connectivity index (χ3v) is 4.50. The second-order valence-corrected chi connectivity index (χ2v) is 6.24. The Morgan fingerprint density at radius 1 is 1.29 bits per heavy atom. The van der Waals surface area contributed by atoms with Gasteiger partial charge in [0.25, 0.3) is 0 Å². The number of nitrogens with zero attached hydrogens (tertiary/aromatic N) is 3. The number of rotatable bonds is 4. The lowest BCUT2D eigenvalue weighted by molar-refractivity contribution is -0.136. The van der Waals surface area contributed by atoms with Crippen LogP contribution in [-0.2, 0) is 20.9 Å². The maximum Gasteiger partial charge on any atom is 0.244 e. The lowest BCUT2D eigenvalue weighted by Gasteiger charge is -2.26. The molecule has 2 heterocycles. The van der Waals surface area contributed by atoms with Crippen molar-refractivity contribution in [1.29, 1.82) is 0 Å². The van der Waals surface area contributed by atoms with Crippen LogP contribution in [0.1, 0.15) is 25.7 Å². The number of hydrogen-bond acceptors (Lipinski definition) is 5. The molecule has 2 aliphatic rings. The molecule has 0 unspecified atom stereocenters. The number of amides is 2. The van der Waals surface area contributed by atoms with Gasteiger partial charge < -0.3 is 20.7 Å². The number of nitrogens with one attached hydrogen (secondary N) is 1. The molecule has 9 heteroatoms. The highest BCUT2D eigenvalue weighted by Gasteiger charge is 2.37. The Balaban J connectivity index is 0.00000208. The summed E-state index contributed by atoms with van der Waals surface area (Å²) >= 11 is 0. The van der Waals surface area contributed by atoms with Crippen molar-refractivity contribution in [2.45, 2.75) is 37.8 Å². The normalized spacial score (nSPS) is 19.6. The van der Waals surface area contributed by atoms with E-state index in [0.717, 1.165) is 12.8 Å². The topological polar surface area (TPSA) is 102 Å². The standard InChI is InChI=1S/C15H23N5O3.ClH/c16-15(3-1-2-4-15)14(22)18-12-9-17-20(10-12)11-13(21)19-5-7-23-8-6-19;/h9-10H,1-8,11,16H2,(H,18,22);1H. The number of hydrogen-bond donors (Lipinski definition) is 2. The number of anilines is 1. The first-order chi connectivity index (χ1) is 11.1. The Morgan fingerprint density at radius 3 is 2.62 bits per heavy atom. The molecule has 1 saturated carbocycles. The molecule has 1 saturated heterocycles. The van der Waals surface area contributed by atoms with Gasteiger partial charge in [-0.25, -0.2) is 0 Å². The summed E-state index contributed by atoms with van der Waals surface area (Å²) in [6.07, 6.45) is 6.59. The second-order valence-electron chi connectivity index (χ2n) is 6.24. The number of aromatic nitrogens is 2. The van der Waals surface area contributed by atoms with Crippen LogP contribution in [0.25, 0.3) is 0 Å². The quantitative estimate of drug-likeness (QED) is 0.810. The summed E-state index contributed by atoms with van der Waals surface area (Å²) in [4.78, 5) is 26.2. The molecule has 24 heavy (non-hydrogen) atoms. The van der Waals surface area contributed by atoms with Crippen molar-refractivity contribution in [3.05, 3.63) is 12.4 Å². The summed E-state index contributed by atoms with van der Waals surface area (Å²) < 4.78 is 6.76. The lowest BCUT2D eigenvalue weighted by Crippen LogP contribution is -2.48. The van der Waals surface area contributed by atoms with Crippen LogP contribution in [0.3, 0.4) is 0 Å². The number of carbonyl (C=O) groups excluding carboxylic acids is 2. The zero-order valence-electron chi connectivity index (χ0n) is 13.6. The first-order valence-corrected chi connectivity index (χ1v) is 8.05. The monoisotopic (exact) mass is 357 g/mol. The molecule has 1 aromatic heterocycles. The molecule has 0 radical (unpaired) electrons. The molecule has 3 N–H and O–H groups in total. The average molecular weight is 358 g/mol. The van der Waals surface area contributed by atoms with Gasteiger partial charge in [0.2, 0.25) is 11.8 Å². The highest BCUT2D eigenvalue weighted by molar-refractivity contribution is 5.98. The van der Waals surface area contributed by atoms with E-state index in [1.807, 2.05) is 0 Å². The average Bonchev–Trinajstić information content (AvgIpc) is 3.18. The minimum atomic E-state index is -0.772. The fourth-order valence-electron chi connectivity index (χ4n) is 3.05. The molecule has 8 nitrogen and oxygen atoms in total. The van der Waals surface area contributed by atoms with Gasteiger partial charge in [0.05, 0.1) is 30.6 Å². The van der Waals surface area contributed by atoms with E-state index in [1.54, 1.807) is 17.3 Å². The minimum absolute atomic E-state index is 0. The minimum Gasteiger partial charge on any atom is -0.378 e. The van der Waals surface area contributed by atoms with Gasteiger partial charge in [-0.3, -0.25) is 14.3 Å². The third-order valence-electron chi connectivity index (χ3n) is 4.50. The Kier molecular flexibility index (Phi) is 6.20. The van der Waals surface area contributed by atoms with E-state index in [9.17, 15) is 9.59 Å². The highest BCUT2D eigenvalue weighted by atomic mass is 35.5. The van der Waals surface area contributed by atoms with Crippen LogP contribution in [0.4, 0.5) is 5.69 Å². The Hall–Kier alpha value is -1.64. The SMILES string of the molecule is Cl.NC1(C(=O)Nc2cnn(CC(=O)N3CCOCC3)c2)CCCC1. The van der Waals surface area contributed by atoms with Crippen LogP contribution in [0.15, 0.2) is 12.4 Å². The van der Waals surface area contributed by atoms with Crippen molar-refractivity contribution in [2.24, 2.45) is 5.73 Å². The van der Waals surface area contributed by atoms with Gasteiger partial charge in [0, 0.05) is 19.3 Å². The fourth-order valence-corrected chi connectivity index (χ4v) is 3.05. The Bertz CT molecular complexity index is 579. The Labute approximate surface area is 147 Å². The van der Waals surface area contributed by atoms with Gasteiger partial charge in [0.1, 0.15) is 6.54 Å². The van der Waals surface area contributed by atoms with Gasteiger partial charge >= 0.3 is 0 Å². The maximum absolute atomic E-state index is 12.3. The van der Waals surface area contributed by atoms with E-state index in [2.05, 4.69) is 10.4 Å². The first-order valence-electron chi connectivity index (χ1n) is 8.05. The van der Waals surface area contributed by atoms with Crippen molar-refractivity contribution >= 4 is 29.9 Å². The number of morpholine rings is 1. The molecular formula is C15H24ClN5O3. The maximum atomic E-state index is 12.3. The molecule has 1 aromatic rings.